The van der Waals surface area contributed by atoms with Crippen LogP contribution in [0.4, 0.5) is 22.7 Å². The lowest BCUT2D eigenvalue weighted by atomic mass is 9.86. The summed E-state index contributed by atoms with van der Waals surface area (Å²) in [6.45, 7) is 11.0. The highest BCUT2D eigenvalue weighted by atomic mass is 35.5. The maximum absolute atomic E-state index is 13.4. The van der Waals surface area contributed by atoms with Gasteiger partial charge >= 0.3 is 0 Å². The van der Waals surface area contributed by atoms with E-state index in [9.17, 15) is 19.2 Å². The number of alkyl halides is 1. The second kappa shape index (κ2) is 14.7. The molecule has 11 heteroatoms. The summed E-state index contributed by atoms with van der Waals surface area (Å²) >= 11 is 5.79. The van der Waals surface area contributed by atoms with Crippen LogP contribution in [0.15, 0.2) is 77.7 Å². The molecular formula is C38H43ClN6O4. The molecule has 4 aromatic rings. The van der Waals surface area contributed by atoms with E-state index >= 15 is 0 Å². The summed E-state index contributed by atoms with van der Waals surface area (Å²) in [5.74, 6) is -1.12. The summed E-state index contributed by atoms with van der Waals surface area (Å²) in [5.41, 5.74) is 5.95. The van der Waals surface area contributed by atoms with Crippen molar-refractivity contribution in [3.63, 3.8) is 0 Å². The fourth-order valence-electron chi connectivity index (χ4n) is 5.78. The number of aryl methyl sites for hydroxylation is 1. The fraction of sp³-hybridized carbons (Fsp3) is 0.316. The topological polar surface area (TPSA) is 116 Å². The molecule has 3 aromatic carbocycles. The van der Waals surface area contributed by atoms with Crippen LogP contribution in [0.2, 0.25) is 0 Å². The van der Waals surface area contributed by atoms with Crippen molar-refractivity contribution in [3.8, 4) is 11.1 Å². The number of likely N-dealkylation sites (N-methyl/N-ethyl adjacent to an activating group) is 1. The highest BCUT2D eigenvalue weighted by Gasteiger charge is 2.24. The van der Waals surface area contributed by atoms with E-state index in [2.05, 4.69) is 41.6 Å². The van der Waals surface area contributed by atoms with Crippen molar-refractivity contribution in [3.05, 3.63) is 106 Å². The lowest BCUT2D eigenvalue weighted by molar-refractivity contribution is -0.113. The molecule has 5 rings (SSSR count). The van der Waals surface area contributed by atoms with Crippen LogP contribution in [0.25, 0.3) is 11.1 Å². The SMILES string of the molecule is Cc1c(NC(=O)c2ccc(C(C)(C)C)cc2)cccc1-c1cc(Nc2ccc(C(=O)N3CCN(C)CC3)c(NC(=O)CCl)c2)c(=O)n(C)c1. The van der Waals surface area contributed by atoms with Gasteiger partial charge in [0.05, 0.1) is 11.3 Å². The van der Waals surface area contributed by atoms with Crippen LogP contribution in [-0.2, 0) is 17.3 Å². The Labute approximate surface area is 292 Å². The first-order valence-corrected chi connectivity index (χ1v) is 16.8. The van der Waals surface area contributed by atoms with Gasteiger partial charge in [0.15, 0.2) is 0 Å². The Morgan fingerprint density at radius 3 is 2.18 bits per heavy atom. The first kappa shape index (κ1) is 35.4. The quantitative estimate of drug-likeness (QED) is 0.190. The number of hydrogen-bond acceptors (Lipinski definition) is 6. The van der Waals surface area contributed by atoms with Gasteiger partial charge in [-0.25, -0.2) is 0 Å². The Kier molecular flexibility index (Phi) is 10.6. The van der Waals surface area contributed by atoms with Crippen molar-refractivity contribution in [2.75, 3.05) is 55.1 Å². The Bertz CT molecular complexity index is 1940. The molecule has 49 heavy (non-hydrogen) atoms. The van der Waals surface area contributed by atoms with Gasteiger partial charge in [-0.2, -0.15) is 0 Å². The summed E-state index contributed by atoms with van der Waals surface area (Å²) in [4.78, 5) is 56.2. The summed E-state index contributed by atoms with van der Waals surface area (Å²) in [6, 6.07) is 20.0. The van der Waals surface area contributed by atoms with Gasteiger partial charge in [-0.05, 0) is 78.5 Å². The third kappa shape index (κ3) is 8.21. The van der Waals surface area contributed by atoms with Gasteiger partial charge < -0.3 is 30.3 Å². The van der Waals surface area contributed by atoms with Gasteiger partial charge in [0.2, 0.25) is 5.91 Å². The number of piperazine rings is 1. The smallest absolute Gasteiger partial charge is 0.274 e. The number of halogens is 1. The number of benzene rings is 3. The first-order chi connectivity index (χ1) is 23.2. The number of amides is 3. The van der Waals surface area contributed by atoms with Gasteiger partial charge in [-0.15, -0.1) is 11.6 Å². The van der Waals surface area contributed by atoms with Crippen LogP contribution in [-0.4, -0.2) is 71.2 Å². The molecule has 0 bridgehead atoms. The molecule has 1 saturated heterocycles. The Balaban J connectivity index is 1.42. The van der Waals surface area contributed by atoms with E-state index in [1.54, 1.807) is 42.4 Å². The first-order valence-electron chi connectivity index (χ1n) is 16.2. The fourth-order valence-corrected chi connectivity index (χ4v) is 5.85. The van der Waals surface area contributed by atoms with Crippen LogP contribution in [0.3, 0.4) is 0 Å². The lowest BCUT2D eigenvalue weighted by Crippen LogP contribution is -2.47. The zero-order valence-electron chi connectivity index (χ0n) is 28.8. The molecule has 3 amide bonds. The number of nitrogens with one attached hydrogen (secondary N) is 3. The summed E-state index contributed by atoms with van der Waals surface area (Å²) < 4.78 is 1.49. The van der Waals surface area contributed by atoms with Gasteiger partial charge in [0, 0.05) is 61.9 Å². The average Bonchev–Trinajstić information content (AvgIpc) is 3.07. The maximum atomic E-state index is 13.4. The second-order valence-corrected chi connectivity index (χ2v) is 13.7. The molecule has 0 unspecified atom stereocenters. The minimum absolute atomic E-state index is 0.0149. The molecule has 2 heterocycles. The van der Waals surface area contributed by atoms with Crippen molar-refractivity contribution >= 4 is 52.1 Å². The molecule has 0 radical (unpaired) electrons. The van der Waals surface area contributed by atoms with Crippen molar-refractivity contribution in [2.45, 2.75) is 33.1 Å². The predicted molar refractivity (Wildman–Crippen MR) is 197 cm³/mol. The number of nitrogens with zero attached hydrogens (tertiary/aromatic N) is 3. The monoisotopic (exact) mass is 682 g/mol. The van der Waals surface area contributed by atoms with Gasteiger partial charge in [0.1, 0.15) is 11.6 Å². The molecular weight excluding hydrogens is 640 g/mol. The van der Waals surface area contributed by atoms with Crippen LogP contribution in [0.5, 0.6) is 0 Å². The summed E-state index contributed by atoms with van der Waals surface area (Å²) in [5, 5.41) is 8.97. The molecule has 1 aromatic heterocycles. The normalized spacial score (nSPS) is 13.6. The van der Waals surface area contributed by atoms with Crippen molar-refractivity contribution in [1.29, 1.82) is 0 Å². The molecule has 0 aliphatic carbocycles. The number of hydrogen-bond donors (Lipinski definition) is 3. The van der Waals surface area contributed by atoms with Crippen LogP contribution in [0, 0.1) is 6.92 Å². The van der Waals surface area contributed by atoms with E-state index in [4.69, 9.17) is 11.6 Å². The zero-order chi connectivity index (χ0) is 35.5. The molecule has 256 valence electrons. The van der Waals surface area contributed by atoms with Gasteiger partial charge in [-0.3, -0.25) is 19.2 Å². The Morgan fingerprint density at radius 1 is 0.837 bits per heavy atom. The van der Waals surface area contributed by atoms with Crippen molar-refractivity contribution in [2.24, 2.45) is 7.05 Å². The van der Waals surface area contributed by atoms with E-state index in [-0.39, 0.29) is 28.7 Å². The maximum Gasteiger partial charge on any atom is 0.274 e. The van der Waals surface area contributed by atoms with Crippen molar-refractivity contribution in [1.82, 2.24) is 14.4 Å². The Morgan fingerprint density at radius 2 is 1.53 bits per heavy atom. The van der Waals surface area contributed by atoms with Crippen molar-refractivity contribution < 1.29 is 14.4 Å². The van der Waals surface area contributed by atoms with E-state index in [1.807, 2.05) is 56.4 Å². The molecule has 0 spiro atoms. The lowest BCUT2D eigenvalue weighted by Gasteiger charge is -2.32. The molecule has 3 N–H and O–H groups in total. The molecule has 0 saturated carbocycles. The van der Waals surface area contributed by atoms with Crippen LogP contribution in [0.1, 0.15) is 52.6 Å². The third-order valence-electron chi connectivity index (χ3n) is 8.80. The number of aromatic nitrogens is 1. The largest absolute Gasteiger partial charge is 0.351 e. The number of carbonyl (C=O) groups is 3. The van der Waals surface area contributed by atoms with E-state index in [0.29, 0.717) is 47.0 Å². The summed E-state index contributed by atoms with van der Waals surface area (Å²) in [6.07, 6.45) is 1.75. The van der Waals surface area contributed by atoms with Gasteiger partial charge in [-0.1, -0.05) is 45.0 Å². The number of anilines is 4. The highest BCUT2D eigenvalue weighted by Crippen LogP contribution is 2.31. The third-order valence-corrected chi connectivity index (χ3v) is 9.05. The minimum atomic E-state index is -0.450. The molecule has 1 fully saturated rings. The second-order valence-electron chi connectivity index (χ2n) is 13.5. The van der Waals surface area contributed by atoms with Crippen LogP contribution < -0.4 is 21.5 Å². The molecule has 1 aliphatic heterocycles. The summed E-state index contributed by atoms with van der Waals surface area (Å²) in [7, 11) is 3.68. The predicted octanol–water partition coefficient (Wildman–Crippen LogP) is 6.22. The number of carbonyl (C=O) groups excluding carboxylic acids is 3. The van der Waals surface area contributed by atoms with E-state index < -0.39 is 5.91 Å². The minimum Gasteiger partial charge on any atom is -0.351 e. The van der Waals surface area contributed by atoms with Crippen LogP contribution >= 0.6 is 11.6 Å². The number of pyridine rings is 1. The highest BCUT2D eigenvalue weighted by molar-refractivity contribution is 6.29. The molecule has 0 atom stereocenters. The van der Waals surface area contributed by atoms with Gasteiger partial charge in [0.25, 0.3) is 17.4 Å². The average molecular weight is 683 g/mol. The standard InChI is InChI=1S/C38H43ClN6O4/c1-24-29(8-7-9-31(24)42-35(47)25-10-12-27(13-11-25)38(2,3)4)26-20-33(37(49)44(6)23-26)40-28-14-15-30(32(21-28)41-34(46)22-39)36(48)45-18-16-43(5)17-19-45/h7-15,20-21,23,40H,16-19,22H2,1-6H3,(H,41,46)(H,42,47). The zero-order valence-corrected chi connectivity index (χ0v) is 29.6. The van der Waals surface area contributed by atoms with E-state index in [0.717, 1.165) is 35.3 Å². The Hall–Kier alpha value is -4.93. The molecule has 10 nitrogen and oxygen atoms in total. The number of rotatable bonds is 8. The van der Waals surface area contributed by atoms with E-state index in [1.165, 1.54) is 4.57 Å². The molecule has 1 aliphatic rings.